The number of anilines is 1. The molecule has 0 heterocycles. The van der Waals surface area contributed by atoms with Crippen molar-refractivity contribution in [3.05, 3.63) is 29.8 Å². The minimum atomic E-state index is -0.219. The molecule has 1 rings (SSSR count). The standard InChI is InChI=1S/C14H21N3O2/c1-3-10(2)17-13(18)7-8-16-14(19)11-5-4-6-12(15)9-11/h4-6,9-10H,3,7-8,15H2,1-2H3,(H,16,19)(H,17,18). The van der Waals surface area contributed by atoms with Crippen LogP contribution >= 0.6 is 0 Å². The van der Waals surface area contributed by atoms with Crippen molar-refractivity contribution in [1.82, 2.24) is 10.6 Å². The van der Waals surface area contributed by atoms with Gasteiger partial charge in [-0.1, -0.05) is 13.0 Å². The molecule has 4 N–H and O–H groups in total. The van der Waals surface area contributed by atoms with Gasteiger partial charge in [-0.25, -0.2) is 0 Å². The maximum absolute atomic E-state index is 11.8. The van der Waals surface area contributed by atoms with Gasteiger partial charge in [0.2, 0.25) is 5.91 Å². The van der Waals surface area contributed by atoms with E-state index in [0.29, 0.717) is 17.8 Å². The first-order valence-electron chi connectivity index (χ1n) is 6.46. The van der Waals surface area contributed by atoms with Crippen molar-refractivity contribution in [3.8, 4) is 0 Å². The van der Waals surface area contributed by atoms with Crippen molar-refractivity contribution in [2.45, 2.75) is 32.7 Å². The summed E-state index contributed by atoms with van der Waals surface area (Å²) >= 11 is 0. The number of carbonyl (C=O) groups excluding carboxylic acids is 2. The van der Waals surface area contributed by atoms with Crippen molar-refractivity contribution < 1.29 is 9.59 Å². The number of nitrogen functional groups attached to an aromatic ring is 1. The first kappa shape index (κ1) is 15.0. The molecule has 0 spiro atoms. The first-order chi connectivity index (χ1) is 9.02. The average Bonchev–Trinajstić information content (AvgIpc) is 2.38. The molecule has 1 unspecified atom stereocenters. The molecule has 0 radical (unpaired) electrons. The lowest BCUT2D eigenvalue weighted by Gasteiger charge is -2.11. The van der Waals surface area contributed by atoms with Gasteiger partial charge in [0.25, 0.3) is 5.91 Å². The predicted molar refractivity (Wildman–Crippen MR) is 75.7 cm³/mol. The quantitative estimate of drug-likeness (QED) is 0.676. The van der Waals surface area contributed by atoms with Crippen LogP contribution < -0.4 is 16.4 Å². The van der Waals surface area contributed by atoms with Gasteiger partial charge in [-0.05, 0) is 31.5 Å². The lowest BCUT2D eigenvalue weighted by molar-refractivity contribution is -0.121. The van der Waals surface area contributed by atoms with Crippen LogP contribution in [0.4, 0.5) is 5.69 Å². The molecule has 1 aromatic carbocycles. The van der Waals surface area contributed by atoms with Gasteiger partial charge >= 0.3 is 0 Å². The zero-order valence-electron chi connectivity index (χ0n) is 11.4. The topological polar surface area (TPSA) is 84.2 Å². The zero-order valence-corrected chi connectivity index (χ0v) is 11.4. The summed E-state index contributed by atoms with van der Waals surface area (Å²) < 4.78 is 0. The number of nitrogens with one attached hydrogen (secondary N) is 2. The Morgan fingerprint density at radius 2 is 2.11 bits per heavy atom. The van der Waals surface area contributed by atoms with Crippen molar-refractivity contribution >= 4 is 17.5 Å². The van der Waals surface area contributed by atoms with Crippen LogP contribution in [0, 0.1) is 0 Å². The van der Waals surface area contributed by atoms with E-state index in [9.17, 15) is 9.59 Å². The summed E-state index contributed by atoms with van der Waals surface area (Å²) in [5.74, 6) is -0.272. The van der Waals surface area contributed by atoms with Gasteiger partial charge in [-0.3, -0.25) is 9.59 Å². The van der Waals surface area contributed by atoms with E-state index in [2.05, 4.69) is 10.6 Å². The minimum Gasteiger partial charge on any atom is -0.399 e. The Hall–Kier alpha value is -2.04. The minimum absolute atomic E-state index is 0.0535. The highest BCUT2D eigenvalue weighted by molar-refractivity contribution is 5.95. The summed E-state index contributed by atoms with van der Waals surface area (Å²) in [6.45, 7) is 4.27. The number of hydrogen-bond donors (Lipinski definition) is 3. The van der Waals surface area contributed by atoms with Crippen LogP contribution in [-0.2, 0) is 4.79 Å². The highest BCUT2D eigenvalue weighted by Gasteiger charge is 2.08. The third-order valence-corrected chi connectivity index (χ3v) is 2.81. The van der Waals surface area contributed by atoms with Crippen molar-refractivity contribution in [2.75, 3.05) is 12.3 Å². The maximum Gasteiger partial charge on any atom is 0.251 e. The number of benzene rings is 1. The molecule has 0 aliphatic rings. The smallest absolute Gasteiger partial charge is 0.251 e. The monoisotopic (exact) mass is 263 g/mol. The predicted octanol–water partition coefficient (Wildman–Crippen LogP) is 1.30. The van der Waals surface area contributed by atoms with Crippen LogP contribution in [0.25, 0.3) is 0 Å². The number of rotatable bonds is 6. The van der Waals surface area contributed by atoms with E-state index in [-0.39, 0.29) is 24.3 Å². The molecule has 5 heteroatoms. The molecular formula is C14H21N3O2. The summed E-state index contributed by atoms with van der Waals surface area (Å²) in [6, 6.07) is 6.90. The van der Waals surface area contributed by atoms with Gasteiger partial charge in [0.1, 0.15) is 0 Å². The number of amides is 2. The Bertz CT molecular complexity index is 446. The van der Waals surface area contributed by atoms with Crippen molar-refractivity contribution in [2.24, 2.45) is 0 Å². The third-order valence-electron chi connectivity index (χ3n) is 2.81. The van der Waals surface area contributed by atoms with Gasteiger partial charge in [0.15, 0.2) is 0 Å². The summed E-state index contributed by atoms with van der Waals surface area (Å²) in [5.41, 5.74) is 6.65. The van der Waals surface area contributed by atoms with E-state index in [4.69, 9.17) is 5.73 Å². The summed E-state index contributed by atoms with van der Waals surface area (Å²) in [5, 5.41) is 5.53. The molecule has 0 aliphatic carbocycles. The lowest BCUT2D eigenvalue weighted by Crippen LogP contribution is -2.35. The van der Waals surface area contributed by atoms with Crippen LogP contribution in [-0.4, -0.2) is 24.4 Å². The number of hydrogen-bond acceptors (Lipinski definition) is 3. The van der Waals surface area contributed by atoms with Gasteiger partial charge in [0.05, 0.1) is 0 Å². The van der Waals surface area contributed by atoms with E-state index in [1.54, 1.807) is 24.3 Å². The molecule has 1 atom stereocenters. The lowest BCUT2D eigenvalue weighted by atomic mass is 10.2. The fourth-order valence-corrected chi connectivity index (χ4v) is 1.52. The van der Waals surface area contributed by atoms with Gasteiger partial charge in [-0.2, -0.15) is 0 Å². The Kier molecular flexibility index (Phi) is 5.85. The molecule has 0 saturated heterocycles. The molecule has 0 aliphatic heterocycles. The summed E-state index contributed by atoms with van der Waals surface area (Å²) in [4.78, 5) is 23.3. The molecule has 104 valence electrons. The van der Waals surface area contributed by atoms with Gasteiger partial charge in [-0.15, -0.1) is 0 Å². The van der Waals surface area contributed by atoms with Crippen LogP contribution in [0.2, 0.25) is 0 Å². The zero-order chi connectivity index (χ0) is 14.3. The van der Waals surface area contributed by atoms with E-state index in [0.717, 1.165) is 6.42 Å². The maximum atomic E-state index is 11.8. The highest BCUT2D eigenvalue weighted by Crippen LogP contribution is 2.05. The van der Waals surface area contributed by atoms with E-state index < -0.39 is 0 Å². The second-order valence-corrected chi connectivity index (χ2v) is 4.51. The Morgan fingerprint density at radius 1 is 1.37 bits per heavy atom. The molecule has 19 heavy (non-hydrogen) atoms. The Balaban J connectivity index is 2.33. The molecule has 0 saturated carbocycles. The van der Waals surface area contributed by atoms with Gasteiger partial charge < -0.3 is 16.4 Å². The first-order valence-corrected chi connectivity index (χ1v) is 6.46. The van der Waals surface area contributed by atoms with E-state index >= 15 is 0 Å². The van der Waals surface area contributed by atoms with Crippen LogP contribution in [0.5, 0.6) is 0 Å². The molecule has 0 fully saturated rings. The fraction of sp³-hybridized carbons (Fsp3) is 0.429. The second kappa shape index (κ2) is 7.41. The van der Waals surface area contributed by atoms with Crippen LogP contribution in [0.3, 0.4) is 0 Å². The molecule has 2 amide bonds. The molecule has 1 aromatic rings. The highest BCUT2D eigenvalue weighted by atomic mass is 16.2. The fourth-order valence-electron chi connectivity index (χ4n) is 1.52. The van der Waals surface area contributed by atoms with Crippen LogP contribution in [0.15, 0.2) is 24.3 Å². The summed E-state index contributed by atoms with van der Waals surface area (Å²) in [6.07, 6.45) is 1.17. The number of nitrogens with two attached hydrogens (primary N) is 1. The molecule has 5 nitrogen and oxygen atoms in total. The van der Waals surface area contributed by atoms with E-state index in [1.807, 2.05) is 13.8 Å². The largest absolute Gasteiger partial charge is 0.399 e. The molecular weight excluding hydrogens is 242 g/mol. The van der Waals surface area contributed by atoms with Gasteiger partial charge in [0, 0.05) is 30.3 Å². The van der Waals surface area contributed by atoms with E-state index in [1.165, 1.54) is 0 Å². The molecule has 0 aromatic heterocycles. The third kappa shape index (κ3) is 5.42. The summed E-state index contributed by atoms with van der Waals surface area (Å²) in [7, 11) is 0. The number of carbonyl (C=O) groups is 2. The Labute approximate surface area is 113 Å². The SMILES string of the molecule is CCC(C)NC(=O)CCNC(=O)c1cccc(N)c1. The Morgan fingerprint density at radius 3 is 2.74 bits per heavy atom. The average molecular weight is 263 g/mol. The normalized spacial score (nSPS) is 11.7. The van der Waals surface area contributed by atoms with Crippen molar-refractivity contribution in [1.29, 1.82) is 0 Å². The molecule has 0 bridgehead atoms. The van der Waals surface area contributed by atoms with Crippen LogP contribution in [0.1, 0.15) is 37.0 Å². The second-order valence-electron chi connectivity index (χ2n) is 4.51. The van der Waals surface area contributed by atoms with Crippen molar-refractivity contribution in [3.63, 3.8) is 0 Å².